The van der Waals surface area contributed by atoms with Gasteiger partial charge in [-0.25, -0.2) is 0 Å². The zero-order chi connectivity index (χ0) is 16.1. The van der Waals surface area contributed by atoms with Crippen molar-refractivity contribution >= 4 is 17.4 Å². The lowest BCUT2D eigenvalue weighted by atomic mass is 10.1. The monoisotopic (exact) mass is 297 g/mol. The van der Waals surface area contributed by atoms with E-state index in [0.717, 1.165) is 16.9 Å². The fourth-order valence-corrected chi connectivity index (χ4v) is 2.21. The third kappa shape index (κ3) is 3.73. The van der Waals surface area contributed by atoms with Gasteiger partial charge in [0.1, 0.15) is 5.75 Å². The number of amides is 1. The molecule has 22 heavy (non-hydrogen) atoms. The molecule has 4 heteroatoms. The first-order valence-electron chi connectivity index (χ1n) is 7.04. The molecule has 0 bridgehead atoms. The predicted octanol–water partition coefficient (Wildman–Crippen LogP) is 3.52. The van der Waals surface area contributed by atoms with Crippen LogP contribution in [0.15, 0.2) is 42.5 Å². The van der Waals surface area contributed by atoms with Crippen molar-refractivity contribution in [2.45, 2.75) is 20.3 Å². The number of rotatable bonds is 5. The van der Waals surface area contributed by atoms with Crippen molar-refractivity contribution in [1.29, 1.82) is 0 Å². The molecule has 2 aromatic carbocycles. The van der Waals surface area contributed by atoms with Gasteiger partial charge < -0.3 is 10.1 Å². The molecule has 0 aliphatic rings. The fourth-order valence-electron chi connectivity index (χ4n) is 2.21. The van der Waals surface area contributed by atoms with E-state index in [2.05, 4.69) is 5.32 Å². The number of ether oxygens (including phenoxy) is 1. The van der Waals surface area contributed by atoms with Crippen molar-refractivity contribution in [3.8, 4) is 5.75 Å². The maximum Gasteiger partial charge on any atom is 0.232 e. The van der Waals surface area contributed by atoms with Gasteiger partial charge in [-0.15, -0.1) is 0 Å². The zero-order valence-corrected chi connectivity index (χ0v) is 13.0. The highest BCUT2D eigenvalue weighted by Gasteiger charge is 2.13. The molecule has 0 aliphatic carbocycles. The highest BCUT2D eigenvalue weighted by atomic mass is 16.5. The molecule has 0 fully saturated rings. The maximum atomic E-state index is 12.1. The third-order valence-electron chi connectivity index (χ3n) is 3.43. The van der Waals surface area contributed by atoms with Gasteiger partial charge in [0.2, 0.25) is 5.91 Å². The van der Waals surface area contributed by atoms with Crippen LogP contribution in [-0.4, -0.2) is 18.8 Å². The maximum absolute atomic E-state index is 12.1. The number of carbonyl (C=O) groups is 2. The van der Waals surface area contributed by atoms with E-state index >= 15 is 0 Å². The molecule has 0 spiro atoms. The number of anilines is 1. The van der Waals surface area contributed by atoms with Crippen LogP contribution in [0, 0.1) is 13.8 Å². The minimum Gasteiger partial charge on any atom is -0.496 e. The lowest BCUT2D eigenvalue weighted by molar-refractivity contribution is -0.115. The first-order chi connectivity index (χ1) is 10.5. The Morgan fingerprint density at radius 2 is 1.73 bits per heavy atom. The Hall–Kier alpha value is -2.62. The summed E-state index contributed by atoms with van der Waals surface area (Å²) in [6.07, 6.45) is -0.172. The standard InChI is InChI=1S/C18H19NO3/c1-12-10-17(22-3)13(2)9-15(12)19-18(21)11-16(20)14-7-5-4-6-8-14/h4-10H,11H2,1-3H3,(H,19,21). The van der Waals surface area contributed by atoms with Gasteiger partial charge in [-0.2, -0.15) is 0 Å². The lowest BCUT2D eigenvalue weighted by Gasteiger charge is -2.12. The Labute approximate surface area is 130 Å². The van der Waals surface area contributed by atoms with Crippen LogP contribution < -0.4 is 10.1 Å². The lowest BCUT2D eigenvalue weighted by Crippen LogP contribution is -2.17. The van der Waals surface area contributed by atoms with E-state index in [1.54, 1.807) is 31.4 Å². The largest absolute Gasteiger partial charge is 0.496 e. The van der Waals surface area contributed by atoms with Gasteiger partial charge in [-0.1, -0.05) is 30.3 Å². The first kappa shape index (κ1) is 15.8. The number of methoxy groups -OCH3 is 1. The van der Waals surface area contributed by atoms with Crippen LogP contribution in [-0.2, 0) is 4.79 Å². The number of aryl methyl sites for hydroxylation is 2. The minimum atomic E-state index is -0.318. The summed E-state index contributed by atoms with van der Waals surface area (Å²) < 4.78 is 5.24. The second-order valence-electron chi connectivity index (χ2n) is 5.15. The average molecular weight is 297 g/mol. The Kier molecular flexibility index (Phi) is 4.94. The predicted molar refractivity (Wildman–Crippen MR) is 86.5 cm³/mol. The molecule has 2 rings (SSSR count). The molecule has 1 N–H and O–H groups in total. The SMILES string of the molecule is COc1cc(C)c(NC(=O)CC(=O)c2ccccc2)cc1C. The van der Waals surface area contributed by atoms with Crippen LogP contribution in [0.4, 0.5) is 5.69 Å². The highest BCUT2D eigenvalue weighted by Crippen LogP contribution is 2.26. The summed E-state index contributed by atoms with van der Waals surface area (Å²) >= 11 is 0. The summed E-state index contributed by atoms with van der Waals surface area (Å²) in [6, 6.07) is 12.5. The van der Waals surface area contributed by atoms with Crippen LogP contribution in [0.1, 0.15) is 27.9 Å². The number of Topliss-reactive ketones (excluding diaryl/α,β-unsaturated/α-hetero) is 1. The molecule has 0 unspecified atom stereocenters. The highest BCUT2D eigenvalue weighted by molar-refractivity contribution is 6.11. The van der Waals surface area contributed by atoms with E-state index in [0.29, 0.717) is 11.3 Å². The van der Waals surface area contributed by atoms with Crippen LogP contribution in [0.3, 0.4) is 0 Å². The Morgan fingerprint density at radius 1 is 1.05 bits per heavy atom. The number of ketones is 1. The van der Waals surface area contributed by atoms with Crippen molar-refractivity contribution in [3.05, 3.63) is 59.2 Å². The van der Waals surface area contributed by atoms with Crippen molar-refractivity contribution in [3.63, 3.8) is 0 Å². The topological polar surface area (TPSA) is 55.4 Å². The molecular weight excluding hydrogens is 278 g/mol. The minimum absolute atomic E-state index is 0.172. The molecular formula is C18H19NO3. The number of hydrogen-bond acceptors (Lipinski definition) is 3. The van der Waals surface area contributed by atoms with E-state index in [4.69, 9.17) is 4.74 Å². The van der Waals surface area contributed by atoms with Crippen LogP contribution >= 0.6 is 0 Å². The van der Waals surface area contributed by atoms with Crippen LogP contribution in [0.5, 0.6) is 5.75 Å². The first-order valence-corrected chi connectivity index (χ1v) is 7.04. The molecule has 1 amide bonds. The van der Waals surface area contributed by atoms with Crippen molar-refractivity contribution in [2.75, 3.05) is 12.4 Å². The number of carbonyl (C=O) groups excluding carboxylic acids is 2. The van der Waals surface area contributed by atoms with Gasteiger partial charge in [-0.05, 0) is 37.1 Å². The fraction of sp³-hybridized carbons (Fsp3) is 0.222. The molecule has 0 atom stereocenters. The normalized spacial score (nSPS) is 10.1. The molecule has 0 heterocycles. The molecule has 4 nitrogen and oxygen atoms in total. The van der Waals surface area contributed by atoms with Gasteiger partial charge >= 0.3 is 0 Å². The Balaban J connectivity index is 2.06. The summed E-state index contributed by atoms with van der Waals surface area (Å²) in [5, 5.41) is 2.79. The van der Waals surface area contributed by atoms with Gasteiger partial charge in [0.05, 0.1) is 13.5 Å². The van der Waals surface area contributed by atoms with E-state index < -0.39 is 0 Å². The van der Waals surface area contributed by atoms with Crippen molar-refractivity contribution in [2.24, 2.45) is 0 Å². The van der Waals surface area contributed by atoms with E-state index in [1.165, 1.54) is 0 Å². The number of hydrogen-bond donors (Lipinski definition) is 1. The smallest absolute Gasteiger partial charge is 0.232 e. The van der Waals surface area contributed by atoms with Crippen LogP contribution in [0.2, 0.25) is 0 Å². The van der Waals surface area contributed by atoms with Crippen molar-refractivity contribution in [1.82, 2.24) is 0 Å². The summed E-state index contributed by atoms with van der Waals surface area (Å²) in [4.78, 5) is 24.1. The molecule has 0 saturated carbocycles. The summed E-state index contributed by atoms with van der Waals surface area (Å²) in [5.41, 5.74) is 3.06. The van der Waals surface area contributed by atoms with Crippen molar-refractivity contribution < 1.29 is 14.3 Å². The molecule has 2 aromatic rings. The van der Waals surface area contributed by atoms with E-state index in [-0.39, 0.29) is 18.1 Å². The second-order valence-corrected chi connectivity index (χ2v) is 5.15. The second kappa shape index (κ2) is 6.89. The number of benzene rings is 2. The average Bonchev–Trinajstić information content (AvgIpc) is 2.51. The summed E-state index contributed by atoms with van der Waals surface area (Å²) in [6.45, 7) is 3.79. The van der Waals surface area contributed by atoms with E-state index in [9.17, 15) is 9.59 Å². The zero-order valence-electron chi connectivity index (χ0n) is 13.0. The Morgan fingerprint density at radius 3 is 2.36 bits per heavy atom. The summed E-state index contributed by atoms with van der Waals surface area (Å²) in [5.74, 6) is 0.262. The van der Waals surface area contributed by atoms with Gasteiger partial charge in [-0.3, -0.25) is 9.59 Å². The Bertz CT molecular complexity index is 693. The van der Waals surface area contributed by atoms with E-state index in [1.807, 2.05) is 32.0 Å². The quantitative estimate of drug-likeness (QED) is 0.678. The molecule has 0 radical (unpaired) electrons. The number of nitrogens with one attached hydrogen (secondary N) is 1. The molecule has 0 aromatic heterocycles. The molecule has 0 aliphatic heterocycles. The van der Waals surface area contributed by atoms with Gasteiger partial charge in [0.15, 0.2) is 5.78 Å². The molecule has 0 saturated heterocycles. The van der Waals surface area contributed by atoms with Gasteiger partial charge in [0.25, 0.3) is 0 Å². The molecule has 114 valence electrons. The third-order valence-corrected chi connectivity index (χ3v) is 3.43. The van der Waals surface area contributed by atoms with Crippen LogP contribution in [0.25, 0.3) is 0 Å². The summed E-state index contributed by atoms with van der Waals surface area (Å²) in [7, 11) is 1.61. The van der Waals surface area contributed by atoms with Gasteiger partial charge in [0, 0.05) is 11.3 Å².